The zero-order valence-corrected chi connectivity index (χ0v) is 18.0. The average molecular weight is 438 g/mol. The van der Waals surface area contributed by atoms with E-state index < -0.39 is 5.54 Å². The molecule has 7 nitrogen and oxygen atoms in total. The van der Waals surface area contributed by atoms with E-state index >= 15 is 0 Å². The molecule has 0 aliphatic carbocycles. The Balaban J connectivity index is 1.82. The highest BCUT2D eigenvalue weighted by Crippen LogP contribution is 2.20. The van der Waals surface area contributed by atoms with E-state index in [4.69, 9.17) is 0 Å². The predicted octanol–water partition coefficient (Wildman–Crippen LogP) is 2.57. The van der Waals surface area contributed by atoms with Crippen LogP contribution in [0.3, 0.4) is 0 Å². The van der Waals surface area contributed by atoms with Gasteiger partial charge in [-0.15, -0.1) is 0 Å². The zero-order valence-electron chi connectivity index (χ0n) is 16.4. The fraction of sp³-hybridized carbons (Fsp3) is 0.526. The van der Waals surface area contributed by atoms with Crippen LogP contribution in [0, 0.1) is 0 Å². The van der Waals surface area contributed by atoms with Gasteiger partial charge >= 0.3 is 6.03 Å². The molecule has 2 N–H and O–H groups in total. The van der Waals surface area contributed by atoms with E-state index in [-0.39, 0.29) is 11.9 Å². The van der Waals surface area contributed by atoms with Crippen LogP contribution in [0.15, 0.2) is 33.7 Å². The molecule has 27 heavy (non-hydrogen) atoms. The third kappa shape index (κ3) is 5.00. The second-order valence-corrected chi connectivity index (χ2v) is 7.70. The van der Waals surface area contributed by atoms with Crippen molar-refractivity contribution in [2.24, 2.45) is 4.99 Å². The quantitative estimate of drug-likeness (QED) is 0.297. The maximum absolute atomic E-state index is 12.4. The number of halogens is 1. The SMILES string of the molecule is CCC1(C)NC(=O)N(CCCNC(=NC)N(C)Cc2ccccc2Br)C1=O. The lowest BCUT2D eigenvalue weighted by Crippen LogP contribution is -2.43. The minimum absolute atomic E-state index is 0.148. The molecular weight excluding hydrogens is 410 g/mol. The minimum Gasteiger partial charge on any atom is -0.356 e. The number of imide groups is 1. The van der Waals surface area contributed by atoms with Crippen molar-refractivity contribution in [2.45, 2.75) is 38.8 Å². The standard InChI is InChI=1S/C19H28BrN5O2/c1-5-19(2)16(26)25(18(27)23-19)12-8-11-22-17(21-3)24(4)13-14-9-6-7-10-15(14)20/h6-7,9-10H,5,8,11-13H2,1-4H3,(H,21,22)(H,23,27). The number of urea groups is 1. The number of carbonyl (C=O) groups is 2. The van der Waals surface area contributed by atoms with Crippen molar-refractivity contribution in [3.05, 3.63) is 34.3 Å². The zero-order chi connectivity index (χ0) is 20.0. The molecule has 0 saturated carbocycles. The Morgan fingerprint density at radius 3 is 2.67 bits per heavy atom. The van der Waals surface area contributed by atoms with E-state index in [1.165, 1.54) is 10.5 Å². The summed E-state index contributed by atoms with van der Waals surface area (Å²) in [7, 11) is 3.71. The molecule has 0 aromatic heterocycles. The van der Waals surface area contributed by atoms with Crippen LogP contribution in [-0.2, 0) is 11.3 Å². The Kier molecular flexibility index (Phi) is 7.24. The highest BCUT2D eigenvalue weighted by atomic mass is 79.9. The van der Waals surface area contributed by atoms with Gasteiger partial charge in [-0.2, -0.15) is 0 Å². The Morgan fingerprint density at radius 2 is 2.07 bits per heavy atom. The van der Waals surface area contributed by atoms with Crippen LogP contribution in [-0.4, -0.2) is 60.4 Å². The Labute approximate surface area is 169 Å². The molecule has 1 aromatic rings. The molecule has 0 spiro atoms. The lowest BCUT2D eigenvalue weighted by atomic mass is 9.99. The molecule has 1 heterocycles. The van der Waals surface area contributed by atoms with Gasteiger partial charge in [0.25, 0.3) is 5.91 Å². The normalized spacial score (nSPS) is 20.0. The smallest absolute Gasteiger partial charge is 0.325 e. The first-order chi connectivity index (χ1) is 12.8. The molecule has 8 heteroatoms. The van der Waals surface area contributed by atoms with Crippen LogP contribution in [0.4, 0.5) is 4.79 Å². The second kappa shape index (κ2) is 9.21. The Bertz CT molecular complexity index is 724. The molecule has 1 saturated heterocycles. The number of aliphatic imine (C=N–C) groups is 1. The van der Waals surface area contributed by atoms with Crippen molar-refractivity contribution >= 4 is 33.8 Å². The summed E-state index contributed by atoms with van der Waals surface area (Å²) in [6.45, 7) is 5.38. The van der Waals surface area contributed by atoms with E-state index in [0.29, 0.717) is 32.5 Å². The van der Waals surface area contributed by atoms with Crippen molar-refractivity contribution in [3.8, 4) is 0 Å². The van der Waals surface area contributed by atoms with Crippen molar-refractivity contribution in [1.82, 2.24) is 20.4 Å². The Hall–Kier alpha value is -2.09. The first kappa shape index (κ1) is 21.2. The lowest BCUT2D eigenvalue weighted by Gasteiger charge is -2.23. The molecule has 3 amide bonds. The number of rotatable bonds is 7. The molecule has 0 bridgehead atoms. The monoisotopic (exact) mass is 437 g/mol. The number of amides is 3. The number of nitrogens with zero attached hydrogens (tertiary/aromatic N) is 3. The van der Waals surface area contributed by atoms with Crippen molar-refractivity contribution in [2.75, 3.05) is 27.2 Å². The summed E-state index contributed by atoms with van der Waals surface area (Å²) in [5.74, 6) is 0.617. The molecule has 1 atom stereocenters. The maximum atomic E-state index is 12.4. The number of nitrogens with one attached hydrogen (secondary N) is 2. The molecule has 1 aromatic carbocycles. The van der Waals surface area contributed by atoms with Crippen molar-refractivity contribution in [1.29, 1.82) is 0 Å². The average Bonchev–Trinajstić information content (AvgIpc) is 2.86. The molecule has 1 unspecified atom stereocenters. The maximum Gasteiger partial charge on any atom is 0.325 e. The van der Waals surface area contributed by atoms with E-state index in [9.17, 15) is 9.59 Å². The van der Waals surface area contributed by atoms with Gasteiger partial charge in [-0.05, 0) is 31.4 Å². The van der Waals surface area contributed by atoms with Crippen LogP contribution in [0.25, 0.3) is 0 Å². The topological polar surface area (TPSA) is 77.0 Å². The highest BCUT2D eigenvalue weighted by Gasteiger charge is 2.45. The van der Waals surface area contributed by atoms with Crippen molar-refractivity contribution in [3.63, 3.8) is 0 Å². The van der Waals surface area contributed by atoms with E-state index in [2.05, 4.69) is 37.6 Å². The van der Waals surface area contributed by atoms with Crippen LogP contribution in [0.2, 0.25) is 0 Å². The van der Waals surface area contributed by atoms with Gasteiger partial charge in [-0.3, -0.25) is 14.7 Å². The molecule has 148 valence electrons. The number of hydrogen-bond donors (Lipinski definition) is 2. The van der Waals surface area contributed by atoms with E-state index in [1.807, 2.05) is 37.1 Å². The van der Waals surface area contributed by atoms with Gasteiger partial charge in [-0.1, -0.05) is 41.1 Å². The van der Waals surface area contributed by atoms with Crippen LogP contribution < -0.4 is 10.6 Å². The lowest BCUT2D eigenvalue weighted by molar-refractivity contribution is -0.130. The highest BCUT2D eigenvalue weighted by molar-refractivity contribution is 9.10. The first-order valence-electron chi connectivity index (χ1n) is 9.11. The molecule has 1 aliphatic heterocycles. The van der Waals surface area contributed by atoms with Crippen LogP contribution in [0.5, 0.6) is 0 Å². The molecule has 2 rings (SSSR count). The van der Waals surface area contributed by atoms with Gasteiger partial charge in [-0.25, -0.2) is 4.79 Å². The summed E-state index contributed by atoms with van der Waals surface area (Å²) < 4.78 is 1.06. The molecule has 0 radical (unpaired) electrons. The number of benzene rings is 1. The van der Waals surface area contributed by atoms with Gasteiger partial charge in [0.1, 0.15) is 5.54 Å². The van der Waals surface area contributed by atoms with E-state index in [1.54, 1.807) is 14.0 Å². The van der Waals surface area contributed by atoms with Gasteiger partial charge in [0.2, 0.25) is 0 Å². The summed E-state index contributed by atoms with van der Waals surface area (Å²) in [6.07, 6.45) is 1.24. The molecule has 1 aliphatic rings. The number of guanidine groups is 1. The summed E-state index contributed by atoms with van der Waals surface area (Å²) >= 11 is 3.56. The predicted molar refractivity (Wildman–Crippen MR) is 111 cm³/mol. The third-order valence-corrected chi connectivity index (χ3v) is 5.61. The fourth-order valence-electron chi connectivity index (χ4n) is 2.97. The summed E-state index contributed by atoms with van der Waals surface area (Å²) in [6, 6.07) is 7.77. The van der Waals surface area contributed by atoms with Crippen LogP contribution in [0.1, 0.15) is 32.3 Å². The second-order valence-electron chi connectivity index (χ2n) is 6.85. The number of hydrogen-bond acceptors (Lipinski definition) is 3. The minimum atomic E-state index is -0.774. The van der Waals surface area contributed by atoms with Crippen LogP contribution >= 0.6 is 15.9 Å². The van der Waals surface area contributed by atoms with Gasteiger partial charge in [0.15, 0.2) is 5.96 Å². The molecule has 1 fully saturated rings. The summed E-state index contributed by atoms with van der Waals surface area (Å²) in [5, 5.41) is 6.06. The molecular formula is C19H28BrN5O2. The first-order valence-corrected chi connectivity index (χ1v) is 9.91. The summed E-state index contributed by atoms with van der Waals surface area (Å²) in [4.78, 5) is 32.0. The number of carbonyl (C=O) groups excluding carboxylic acids is 2. The summed E-state index contributed by atoms with van der Waals surface area (Å²) in [5.41, 5.74) is 0.394. The largest absolute Gasteiger partial charge is 0.356 e. The van der Waals surface area contributed by atoms with Gasteiger partial charge in [0.05, 0.1) is 0 Å². The van der Waals surface area contributed by atoms with Gasteiger partial charge in [0, 0.05) is 38.2 Å². The van der Waals surface area contributed by atoms with Gasteiger partial charge < -0.3 is 15.5 Å². The van der Waals surface area contributed by atoms with Crippen molar-refractivity contribution < 1.29 is 9.59 Å². The third-order valence-electron chi connectivity index (χ3n) is 4.83. The Morgan fingerprint density at radius 1 is 1.37 bits per heavy atom. The van der Waals surface area contributed by atoms with E-state index in [0.717, 1.165) is 10.4 Å². The fourth-order valence-corrected chi connectivity index (χ4v) is 3.38.